The molecule has 0 aromatic rings. The topological polar surface area (TPSA) is 80.9 Å². The van der Waals surface area contributed by atoms with Gasteiger partial charge in [0.05, 0.1) is 0 Å². The van der Waals surface area contributed by atoms with Crippen LogP contribution in [0.5, 0.6) is 0 Å². The third kappa shape index (κ3) is 309. The predicted molar refractivity (Wildman–Crippen MR) is 22.2 cm³/mol. The van der Waals surface area contributed by atoms with Crippen molar-refractivity contribution < 1.29 is 19.2 Å². The molecule has 0 saturated carbocycles. The van der Waals surface area contributed by atoms with Crippen LogP contribution in [0, 0.1) is 0 Å². The normalized spacial score (nSPS) is 10.0. The van der Waals surface area contributed by atoms with Gasteiger partial charge in [0.25, 0.3) is 0 Å². The van der Waals surface area contributed by atoms with E-state index in [1.165, 1.54) is 0 Å². The van der Waals surface area contributed by atoms with E-state index in [1.807, 2.05) is 0 Å². The third-order valence-electron chi connectivity index (χ3n) is 0. The van der Waals surface area contributed by atoms with E-state index in [0.29, 0.717) is 0 Å². The number of hydrogen-bond donors (Lipinski definition) is 4. The molecule has 0 aliphatic heterocycles. The molecule has 0 fully saturated rings. The van der Waals surface area contributed by atoms with E-state index >= 15 is 0 Å². The summed E-state index contributed by atoms with van der Waals surface area (Å²) in [6.07, 6.45) is 0. The first kappa shape index (κ1) is 9.64. The van der Waals surface area contributed by atoms with E-state index in [2.05, 4.69) is 0 Å². The Morgan fingerprint density at radius 3 is 0.833 bits per heavy atom. The highest BCUT2D eigenvalue weighted by atomic mass is 32.1. The van der Waals surface area contributed by atoms with Gasteiger partial charge < -0.3 is 19.2 Å². The molecule has 0 aliphatic rings. The summed E-state index contributed by atoms with van der Waals surface area (Å²) in [6, 6.07) is 0. The minimum Gasteiger partial charge on any atom is -0.368 e. The van der Waals surface area contributed by atoms with Gasteiger partial charge in [0.15, 0.2) is 0 Å². The molecule has 0 amide bonds. The molecule has 0 heterocycles. The van der Waals surface area contributed by atoms with Crippen LogP contribution in [0.4, 0.5) is 0 Å². The maximum absolute atomic E-state index is 7.33. The highest BCUT2D eigenvalue weighted by Crippen LogP contribution is 1.67. The summed E-state index contributed by atoms with van der Waals surface area (Å²) < 4.78 is 0. The first-order valence-electron chi connectivity index (χ1n) is 0.894. The smallest absolute Gasteiger partial charge is 0.368 e. The Morgan fingerprint density at radius 2 is 0.833 bits per heavy atom. The molecule has 6 heteroatoms. The van der Waals surface area contributed by atoms with Gasteiger partial charge in [-0.05, 0) is 0 Å². The molecule has 0 unspecified atom stereocenters. The second-order valence-corrected chi connectivity index (χ2v) is 1.80. The minimum absolute atomic E-state index is 0. The summed E-state index contributed by atoms with van der Waals surface area (Å²) in [6.45, 7) is 0. The second-order valence-electron chi connectivity index (χ2n) is 0.600. The fourth-order valence-corrected chi connectivity index (χ4v) is 0. The van der Waals surface area contributed by atoms with Crippen LogP contribution in [0.3, 0.4) is 0 Å². The molecule has 0 aromatic heterocycles. The molecule has 4 nitrogen and oxygen atoms in total. The van der Waals surface area contributed by atoms with E-state index in [4.69, 9.17) is 19.2 Å². The minimum atomic E-state index is -4.61. The van der Waals surface area contributed by atoms with Crippen molar-refractivity contribution >= 4 is 22.5 Å². The highest BCUT2D eigenvalue weighted by Gasteiger charge is 2.22. The van der Waals surface area contributed by atoms with Crippen molar-refractivity contribution in [3.8, 4) is 0 Å². The molecule has 2 radical (unpaired) electrons. The molecular weight excluding hydrogens is 124 g/mol. The molecule has 0 saturated heterocycles. The summed E-state index contributed by atoms with van der Waals surface area (Å²) in [7, 11) is -4.61. The average Bonchev–Trinajstić information content (AvgIpc) is 0.722. The van der Waals surface area contributed by atoms with Gasteiger partial charge in [-0.3, -0.25) is 0 Å². The summed E-state index contributed by atoms with van der Waals surface area (Å²) in [5.74, 6) is 0. The van der Waals surface area contributed by atoms with Crippen LogP contribution in [0.15, 0.2) is 0 Å². The van der Waals surface area contributed by atoms with E-state index in [9.17, 15) is 0 Å². The van der Waals surface area contributed by atoms with Crippen molar-refractivity contribution in [2.24, 2.45) is 0 Å². The molecule has 0 bridgehead atoms. The van der Waals surface area contributed by atoms with Gasteiger partial charge in [0.2, 0.25) is 0 Å². The van der Waals surface area contributed by atoms with E-state index < -0.39 is 9.05 Å². The van der Waals surface area contributed by atoms with Crippen LogP contribution in [0.2, 0.25) is 0 Å². The van der Waals surface area contributed by atoms with Gasteiger partial charge in [-0.2, -0.15) is 0 Å². The highest BCUT2D eigenvalue weighted by molar-refractivity contribution is 7.59. The SMILES string of the molecule is O[Si](O)(O)O.[S]. The summed E-state index contributed by atoms with van der Waals surface area (Å²) in [5, 5.41) is 0. The predicted octanol–water partition coefficient (Wildman–Crippen LogP) is -1.96. The van der Waals surface area contributed by atoms with Crippen LogP contribution in [-0.4, -0.2) is 28.2 Å². The van der Waals surface area contributed by atoms with Crippen LogP contribution in [-0.2, 0) is 0 Å². The summed E-state index contributed by atoms with van der Waals surface area (Å²) in [5.41, 5.74) is 0. The molecule has 38 valence electrons. The Hall–Kier alpha value is 0.407. The van der Waals surface area contributed by atoms with E-state index in [1.54, 1.807) is 0 Å². The molecule has 6 heavy (non-hydrogen) atoms. The zero-order valence-electron chi connectivity index (χ0n) is 2.70. The Bertz CT molecular complexity index is 23.0. The maximum Gasteiger partial charge on any atom is 0.668 e. The second kappa shape index (κ2) is 2.56. The fraction of sp³-hybridized carbons (Fsp3) is 0. The molecule has 0 aromatic carbocycles. The molecule has 0 aliphatic carbocycles. The fourth-order valence-electron chi connectivity index (χ4n) is 0. The van der Waals surface area contributed by atoms with E-state index in [0.717, 1.165) is 0 Å². The van der Waals surface area contributed by atoms with Gasteiger partial charge in [-0.15, -0.1) is 0 Å². The first-order valence-corrected chi connectivity index (χ1v) is 2.68. The lowest BCUT2D eigenvalue weighted by molar-refractivity contribution is 0.117. The van der Waals surface area contributed by atoms with Gasteiger partial charge in [0, 0.05) is 13.5 Å². The van der Waals surface area contributed by atoms with Gasteiger partial charge in [-0.25, -0.2) is 0 Å². The molecule has 4 N–H and O–H groups in total. The number of rotatable bonds is 0. The lowest BCUT2D eigenvalue weighted by atomic mass is 15.7. The molecule has 0 spiro atoms. The Balaban J connectivity index is 0. The van der Waals surface area contributed by atoms with Crippen molar-refractivity contribution in [1.29, 1.82) is 0 Å². The largest absolute Gasteiger partial charge is 0.668 e. The zero-order chi connectivity index (χ0) is 4.50. The van der Waals surface area contributed by atoms with Crippen LogP contribution in [0.1, 0.15) is 0 Å². The van der Waals surface area contributed by atoms with Crippen LogP contribution >= 0.6 is 13.5 Å². The lowest BCUT2D eigenvalue weighted by Gasteiger charge is -1.91. The monoisotopic (exact) mass is 128 g/mol. The van der Waals surface area contributed by atoms with Gasteiger partial charge in [-0.1, -0.05) is 0 Å². The Labute approximate surface area is 42.6 Å². The van der Waals surface area contributed by atoms with Crippen molar-refractivity contribution in [2.75, 3.05) is 0 Å². The summed E-state index contributed by atoms with van der Waals surface area (Å²) in [4.78, 5) is 29.3. The maximum atomic E-state index is 7.33. The molecule has 0 rings (SSSR count). The van der Waals surface area contributed by atoms with Gasteiger partial charge in [0.1, 0.15) is 0 Å². The van der Waals surface area contributed by atoms with Gasteiger partial charge >= 0.3 is 9.05 Å². The average molecular weight is 128 g/mol. The first-order chi connectivity index (χ1) is 2.00. The quantitative estimate of drug-likeness (QED) is 0.286. The van der Waals surface area contributed by atoms with Crippen LogP contribution in [0.25, 0.3) is 0 Å². The zero-order valence-corrected chi connectivity index (χ0v) is 4.51. The standard InChI is InChI=1S/H4O4Si.S/c1-5(2,3)4;/h1-4H;. The third-order valence-corrected chi connectivity index (χ3v) is 0. The van der Waals surface area contributed by atoms with Crippen molar-refractivity contribution in [3.63, 3.8) is 0 Å². The number of hydrogen-bond acceptors (Lipinski definition) is 4. The molecule has 0 atom stereocenters. The van der Waals surface area contributed by atoms with Crippen molar-refractivity contribution in [3.05, 3.63) is 0 Å². The van der Waals surface area contributed by atoms with E-state index in [-0.39, 0.29) is 13.5 Å². The Morgan fingerprint density at radius 1 is 0.833 bits per heavy atom. The Kier molecular flexibility index (Phi) is 4.11. The molecular formula is H4O4SSi. The lowest BCUT2D eigenvalue weighted by Crippen LogP contribution is -2.33. The van der Waals surface area contributed by atoms with Crippen molar-refractivity contribution in [2.45, 2.75) is 0 Å². The van der Waals surface area contributed by atoms with Crippen molar-refractivity contribution in [1.82, 2.24) is 0 Å². The van der Waals surface area contributed by atoms with Crippen LogP contribution < -0.4 is 0 Å². The summed E-state index contributed by atoms with van der Waals surface area (Å²) >= 11 is 0.